The number of nitro benzene ring substituents is 1. The summed E-state index contributed by atoms with van der Waals surface area (Å²) in [5, 5.41) is 13.8. The molecular weight excluding hydrogens is 270 g/mol. The lowest BCUT2D eigenvalue weighted by Gasteiger charge is -2.07. The molecule has 0 saturated carbocycles. The summed E-state index contributed by atoms with van der Waals surface area (Å²) in [6.45, 7) is 0.345. The van der Waals surface area contributed by atoms with Crippen molar-refractivity contribution >= 4 is 28.9 Å². The molecule has 0 aliphatic rings. The van der Waals surface area contributed by atoms with E-state index in [0.29, 0.717) is 12.4 Å². The van der Waals surface area contributed by atoms with Gasteiger partial charge in [0.2, 0.25) is 0 Å². The molecule has 0 atom stereocenters. The summed E-state index contributed by atoms with van der Waals surface area (Å²) in [5.41, 5.74) is 6.31. The molecule has 0 bridgehead atoms. The number of hydrogen-bond acceptors (Lipinski definition) is 6. The van der Waals surface area contributed by atoms with E-state index in [4.69, 9.17) is 17.3 Å². The maximum atomic E-state index is 10.7. The van der Waals surface area contributed by atoms with Gasteiger partial charge in [0.1, 0.15) is 17.2 Å². The van der Waals surface area contributed by atoms with Crippen LogP contribution in [0.5, 0.6) is 0 Å². The van der Waals surface area contributed by atoms with Gasteiger partial charge in [-0.2, -0.15) is 0 Å². The van der Waals surface area contributed by atoms with Gasteiger partial charge in [0.25, 0.3) is 5.69 Å². The summed E-state index contributed by atoms with van der Waals surface area (Å²) in [6.07, 6.45) is 1.29. The van der Waals surface area contributed by atoms with Gasteiger partial charge in [-0.3, -0.25) is 10.1 Å². The highest BCUT2D eigenvalue weighted by atomic mass is 35.5. The highest BCUT2D eigenvalue weighted by molar-refractivity contribution is 6.35. The Labute approximate surface area is 113 Å². The second-order valence-corrected chi connectivity index (χ2v) is 4.08. The van der Waals surface area contributed by atoms with Gasteiger partial charge in [-0.15, -0.1) is 0 Å². The number of benzene rings is 1. The highest BCUT2D eigenvalue weighted by Gasteiger charge is 2.08. The van der Waals surface area contributed by atoms with E-state index >= 15 is 0 Å². The van der Waals surface area contributed by atoms with E-state index in [2.05, 4.69) is 15.3 Å². The summed E-state index contributed by atoms with van der Waals surface area (Å²) in [4.78, 5) is 17.9. The van der Waals surface area contributed by atoms with Gasteiger partial charge in [0.15, 0.2) is 5.82 Å². The number of nitro groups is 1. The van der Waals surface area contributed by atoms with Crippen LogP contribution in [0.2, 0.25) is 5.02 Å². The van der Waals surface area contributed by atoms with Crippen molar-refractivity contribution in [3.05, 3.63) is 51.3 Å². The number of anilines is 2. The predicted octanol–water partition coefficient (Wildman–Crippen LogP) is 2.23. The third-order valence-corrected chi connectivity index (χ3v) is 2.77. The fourth-order valence-electron chi connectivity index (χ4n) is 1.47. The Bertz CT molecular complexity index is 620. The largest absolute Gasteiger partial charge is 0.382 e. The van der Waals surface area contributed by atoms with Crippen molar-refractivity contribution in [2.45, 2.75) is 6.54 Å². The van der Waals surface area contributed by atoms with Gasteiger partial charge < -0.3 is 11.1 Å². The topological polar surface area (TPSA) is 107 Å². The quantitative estimate of drug-likeness (QED) is 0.656. The number of nitrogens with one attached hydrogen (secondary N) is 1. The Kier molecular flexibility index (Phi) is 3.76. The normalized spacial score (nSPS) is 10.2. The van der Waals surface area contributed by atoms with Crippen LogP contribution >= 0.6 is 11.6 Å². The van der Waals surface area contributed by atoms with Crippen molar-refractivity contribution in [2.24, 2.45) is 0 Å². The molecule has 1 heterocycles. The lowest BCUT2D eigenvalue weighted by molar-refractivity contribution is -0.384. The Morgan fingerprint density at radius 3 is 2.95 bits per heavy atom. The van der Waals surface area contributed by atoms with E-state index in [-0.39, 0.29) is 16.5 Å². The Morgan fingerprint density at radius 2 is 2.21 bits per heavy atom. The zero-order chi connectivity index (χ0) is 13.8. The number of rotatable bonds is 4. The molecule has 1 aromatic heterocycles. The summed E-state index contributed by atoms with van der Waals surface area (Å²) in [6, 6.07) is 6.29. The van der Waals surface area contributed by atoms with E-state index in [0.717, 1.165) is 5.56 Å². The third kappa shape index (κ3) is 3.08. The van der Waals surface area contributed by atoms with Crippen LogP contribution in [0, 0.1) is 10.1 Å². The van der Waals surface area contributed by atoms with Crippen LogP contribution < -0.4 is 11.1 Å². The molecule has 0 amide bonds. The van der Waals surface area contributed by atoms with Crippen molar-refractivity contribution in [3.8, 4) is 0 Å². The molecule has 2 rings (SSSR count). The second-order valence-electron chi connectivity index (χ2n) is 3.70. The Morgan fingerprint density at radius 1 is 1.42 bits per heavy atom. The van der Waals surface area contributed by atoms with Gasteiger partial charge >= 0.3 is 0 Å². The van der Waals surface area contributed by atoms with Gasteiger partial charge in [0, 0.05) is 18.7 Å². The molecule has 0 fully saturated rings. The first-order chi connectivity index (χ1) is 9.08. The van der Waals surface area contributed by atoms with E-state index in [1.165, 1.54) is 18.5 Å². The summed E-state index contributed by atoms with van der Waals surface area (Å²) >= 11 is 5.92. The van der Waals surface area contributed by atoms with E-state index in [1.54, 1.807) is 12.1 Å². The molecule has 0 unspecified atom stereocenters. The van der Waals surface area contributed by atoms with E-state index < -0.39 is 4.92 Å². The van der Waals surface area contributed by atoms with E-state index in [1.807, 2.05) is 0 Å². The minimum atomic E-state index is -0.445. The zero-order valence-corrected chi connectivity index (χ0v) is 10.5. The molecule has 2 aromatic rings. The molecule has 0 spiro atoms. The number of nitrogens with zero attached hydrogens (tertiary/aromatic N) is 3. The molecule has 0 saturated heterocycles. The molecule has 1 aromatic carbocycles. The fourth-order valence-corrected chi connectivity index (χ4v) is 1.64. The van der Waals surface area contributed by atoms with Crippen molar-refractivity contribution < 1.29 is 4.92 Å². The first-order valence-corrected chi connectivity index (χ1v) is 5.69. The average molecular weight is 280 g/mol. The lowest BCUT2D eigenvalue weighted by Crippen LogP contribution is -2.04. The number of aromatic nitrogens is 2. The number of nitrogens with two attached hydrogens (primary N) is 1. The first kappa shape index (κ1) is 13.0. The van der Waals surface area contributed by atoms with Gasteiger partial charge in [0.05, 0.1) is 4.92 Å². The third-order valence-electron chi connectivity index (χ3n) is 2.40. The molecule has 7 nitrogen and oxygen atoms in total. The first-order valence-electron chi connectivity index (χ1n) is 5.31. The Hall–Kier alpha value is -2.41. The minimum absolute atomic E-state index is 0.0348. The smallest absolute Gasteiger partial charge is 0.269 e. The molecule has 98 valence electrons. The molecule has 3 N–H and O–H groups in total. The van der Waals surface area contributed by atoms with Crippen LogP contribution in [0.1, 0.15) is 5.56 Å². The molecular formula is C11H10ClN5O2. The number of halogens is 1. The van der Waals surface area contributed by atoms with Crippen LogP contribution in [0.3, 0.4) is 0 Å². The van der Waals surface area contributed by atoms with Crippen LogP contribution in [0.4, 0.5) is 17.3 Å². The van der Waals surface area contributed by atoms with Crippen molar-refractivity contribution in [1.82, 2.24) is 9.97 Å². The SMILES string of the molecule is Nc1ncnc(NCc2cccc([N+](=O)[O-])c2)c1Cl. The van der Waals surface area contributed by atoms with Crippen LogP contribution in [0.15, 0.2) is 30.6 Å². The van der Waals surface area contributed by atoms with Gasteiger partial charge in [-0.1, -0.05) is 23.7 Å². The molecule has 19 heavy (non-hydrogen) atoms. The number of hydrogen-bond donors (Lipinski definition) is 2. The zero-order valence-electron chi connectivity index (χ0n) is 9.71. The maximum absolute atomic E-state index is 10.7. The van der Waals surface area contributed by atoms with Crippen molar-refractivity contribution in [3.63, 3.8) is 0 Å². The highest BCUT2D eigenvalue weighted by Crippen LogP contribution is 2.24. The lowest BCUT2D eigenvalue weighted by atomic mass is 10.2. The summed E-state index contributed by atoms with van der Waals surface area (Å²) in [5.74, 6) is 0.568. The molecule has 0 aliphatic carbocycles. The monoisotopic (exact) mass is 279 g/mol. The van der Waals surface area contributed by atoms with Crippen LogP contribution in [-0.2, 0) is 6.54 Å². The van der Waals surface area contributed by atoms with E-state index in [9.17, 15) is 10.1 Å². The van der Waals surface area contributed by atoms with Crippen LogP contribution in [0.25, 0.3) is 0 Å². The number of non-ortho nitro benzene ring substituents is 1. The van der Waals surface area contributed by atoms with Crippen molar-refractivity contribution in [1.29, 1.82) is 0 Å². The van der Waals surface area contributed by atoms with Gasteiger partial charge in [-0.05, 0) is 5.56 Å². The fraction of sp³-hybridized carbons (Fsp3) is 0.0909. The van der Waals surface area contributed by atoms with Crippen LogP contribution in [-0.4, -0.2) is 14.9 Å². The second kappa shape index (κ2) is 5.49. The molecule has 8 heteroatoms. The minimum Gasteiger partial charge on any atom is -0.382 e. The van der Waals surface area contributed by atoms with Gasteiger partial charge in [-0.25, -0.2) is 9.97 Å². The predicted molar refractivity (Wildman–Crippen MR) is 71.9 cm³/mol. The standard InChI is InChI=1S/C11H10ClN5O2/c12-9-10(13)15-6-16-11(9)14-5-7-2-1-3-8(4-7)17(18)19/h1-4,6H,5H2,(H3,13,14,15,16). The average Bonchev–Trinajstić information content (AvgIpc) is 2.41. The molecule has 0 aliphatic heterocycles. The number of nitrogen functional groups attached to an aromatic ring is 1. The summed E-state index contributed by atoms with van der Waals surface area (Å²) in [7, 11) is 0. The Balaban J connectivity index is 2.12. The molecule has 0 radical (unpaired) electrons. The summed E-state index contributed by atoms with van der Waals surface area (Å²) < 4.78 is 0. The maximum Gasteiger partial charge on any atom is 0.269 e. The van der Waals surface area contributed by atoms with Crippen molar-refractivity contribution in [2.75, 3.05) is 11.1 Å².